The first-order valence-corrected chi connectivity index (χ1v) is 7.89. The molecule has 0 saturated heterocycles. The summed E-state index contributed by atoms with van der Waals surface area (Å²) in [6.45, 7) is 1.20. The Morgan fingerprint density at radius 2 is 1.88 bits per heavy atom. The molecule has 0 radical (unpaired) electrons. The van der Waals surface area contributed by atoms with Gasteiger partial charge in [0.15, 0.2) is 0 Å². The highest BCUT2D eigenvalue weighted by molar-refractivity contribution is 8.00. The standard InChI is InChI=1S/C15H21NS/c1-17-15(7-4-8-15)11-16-14-9-12-5-2-3-6-13(12)10-14/h2-3,5-6,14,16H,4,7-11H2,1H3. The van der Waals surface area contributed by atoms with Crippen LogP contribution in [-0.4, -0.2) is 23.6 Å². The first-order chi connectivity index (χ1) is 8.31. The fraction of sp³-hybridized carbons (Fsp3) is 0.600. The molecule has 0 unspecified atom stereocenters. The second kappa shape index (κ2) is 4.66. The van der Waals surface area contributed by atoms with Crippen LogP contribution in [0.5, 0.6) is 0 Å². The maximum Gasteiger partial charge on any atom is 0.0281 e. The summed E-state index contributed by atoms with van der Waals surface area (Å²) < 4.78 is 0.564. The minimum atomic E-state index is 0.564. The lowest BCUT2D eigenvalue weighted by Crippen LogP contribution is -2.46. The number of hydrogen-bond donors (Lipinski definition) is 1. The van der Waals surface area contributed by atoms with Crippen LogP contribution in [0, 0.1) is 0 Å². The van der Waals surface area contributed by atoms with E-state index in [1.54, 1.807) is 11.1 Å². The Kier molecular flexibility index (Phi) is 3.18. The fourth-order valence-corrected chi connectivity index (χ4v) is 3.98. The van der Waals surface area contributed by atoms with Gasteiger partial charge in [0.05, 0.1) is 0 Å². The third-order valence-electron chi connectivity index (χ3n) is 4.46. The Morgan fingerprint density at radius 3 is 2.35 bits per heavy atom. The summed E-state index contributed by atoms with van der Waals surface area (Å²) >= 11 is 2.06. The van der Waals surface area contributed by atoms with Gasteiger partial charge in [-0.05, 0) is 43.1 Å². The van der Waals surface area contributed by atoms with Crippen molar-refractivity contribution >= 4 is 11.8 Å². The predicted octanol–water partition coefficient (Wildman–Crippen LogP) is 3.03. The van der Waals surface area contributed by atoms with Gasteiger partial charge in [-0.1, -0.05) is 30.7 Å². The van der Waals surface area contributed by atoms with E-state index < -0.39 is 0 Å². The van der Waals surface area contributed by atoms with E-state index in [9.17, 15) is 0 Å². The monoisotopic (exact) mass is 247 g/mol. The average Bonchev–Trinajstić information content (AvgIpc) is 2.71. The molecule has 1 fully saturated rings. The molecule has 0 amide bonds. The Hall–Kier alpha value is -0.470. The summed E-state index contributed by atoms with van der Waals surface area (Å²) in [6.07, 6.45) is 8.95. The van der Waals surface area contributed by atoms with Gasteiger partial charge in [-0.3, -0.25) is 0 Å². The molecule has 1 nitrogen and oxygen atoms in total. The molecule has 92 valence electrons. The lowest BCUT2D eigenvalue weighted by molar-refractivity contribution is 0.331. The Bertz CT molecular complexity index is 367. The van der Waals surface area contributed by atoms with E-state index in [-0.39, 0.29) is 0 Å². The molecule has 2 heteroatoms. The van der Waals surface area contributed by atoms with Crippen molar-refractivity contribution in [1.82, 2.24) is 5.32 Å². The van der Waals surface area contributed by atoms with Crippen molar-refractivity contribution < 1.29 is 0 Å². The van der Waals surface area contributed by atoms with Crippen molar-refractivity contribution in [2.75, 3.05) is 12.8 Å². The number of thioether (sulfide) groups is 1. The summed E-state index contributed by atoms with van der Waals surface area (Å²) in [5.41, 5.74) is 3.11. The van der Waals surface area contributed by atoms with Gasteiger partial charge < -0.3 is 5.32 Å². The van der Waals surface area contributed by atoms with Crippen LogP contribution in [0.1, 0.15) is 30.4 Å². The summed E-state index contributed by atoms with van der Waals surface area (Å²) in [5, 5.41) is 3.80. The molecular weight excluding hydrogens is 226 g/mol. The topological polar surface area (TPSA) is 12.0 Å². The summed E-state index contributed by atoms with van der Waals surface area (Å²) in [6, 6.07) is 9.57. The zero-order valence-corrected chi connectivity index (χ0v) is 11.4. The van der Waals surface area contributed by atoms with Crippen LogP contribution < -0.4 is 5.32 Å². The van der Waals surface area contributed by atoms with Crippen molar-refractivity contribution in [1.29, 1.82) is 0 Å². The summed E-state index contributed by atoms with van der Waals surface area (Å²) in [5.74, 6) is 0. The van der Waals surface area contributed by atoms with E-state index in [1.807, 2.05) is 0 Å². The lowest BCUT2D eigenvalue weighted by Gasteiger charge is -2.41. The van der Waals surface area contributed by atoms with Gasteiger partial charge >= 0.3 is 0 Å². The molecule has 3 rings (SSSR count). The van der Waals surface area contributed by atoms with E-state index >= 15 is 0 Å². The van der Waals surface area contributed by atoms with Gasteiger partial charge in [0.1, 0.15) is 0 Å². The van der Waals surface area contributed by atoms with E-state index in [0.29, 0.717) is 10.8 Å². The molecule has 0 spiro atoms. The Balaban J connectivity index is 1.55. The third-order valence-corrected chi connectivity index (χ3v) is 5.88. The minimum Gasteiger partial charge on any atom is -0.312 e. The summed E-state index contributed by atoms with van der Waals surface area (Å²) in [4.78, 5) is 0. The van der Waals surface area contributed by atoms with Crippen molar-refractivity contribution in [3.05, 3.63) is 35.4 Å². The molecule has 1 saturated carbocycles. The Labute approximate surface area is 108 Å². The number of nitrogens with one attached hydrogen (secondary N) is 1. The SMILES string of the molecule is CSC1(CNC2Cc3ccccc3C2)CCC1. The largest absolute Gasteiger partial charge is 0.312 e. The minimum absolute atomic E-state index is 0.564. The molecule has 1 N–H and O–H groups in total. The van der Waals surface area contributed by atoms with Crippen molar-refractivity contribution in [3.63, 3.8) is 0 Å². The van der Waals surface area contributed by atoms with E-state index in [2.05, 4.69) is 47.6 Å². The van der Waals surface area contributed by atoms with Crippen LogP contribution >= 0.6 is 11.8 Å². The normalized spacial score (nSPS) is 22.2. The molecule has 0 atom stereocenters. The molecule has 1 aromatic carbocycles. The van der Waals surface area contributed by atoms with Crippen molar-refractivity contribution in [2.24, 2.45) is 0 Å². The third kappa shape index (κ3) is 2.25. The zero-order valence-electron chi connectivity index (χ0n) is 10.5. The highest BCUT2D eigenvalue weighted by Crippen LogP contribution is 2.42. The second-order valence-electron chi connectivity index (χ2n) is 5.50. The van der Waals surface area contributed by atoms with Gasteiger partial charge in [-0.15, -0.1) is 0 Å². The Morgan fingerprint density at radius 1 is 1.24 bits per heavy atom. The average molecular weight is 247 g/mol. The lowest BCUT2D eigenvalue weighted by atomic mass is 9.84. The van der Waals surface area contributed by atoms with Crippen LogP contribution in [0.2, 0.25) is 0 Å². The highest BCUT2D eigenvalue weighted by Gasteiger charge is 2.36. The number of fused-ring (bicyclic) bond motifs is 1. The number of rotatable bonds is 4. The second-order valence-corrected chi connectivity index (χ2v) is 6.77. The van der Waals surface area contributed by atoms with Crippen molar-refractivity contribution in [3.8, 4) is 0 Å². The molecule has 0 heterocycles. The van der Waals surface area contributed by atoms with Crippen LogP contribution in [0.4, 0.5) is 0 Å². The maximum absolute atomic E-state index is 3.80. The molecule has 17 heavy (non-hydrogen) atoms. The van der Waals surface area contributed by atoms with Gasteiger partial charge in [0.25, 0.3) is 0 Å². The first-order valence-electron chi connectivity index (χ1n) is 6.67. The summed E-state index contributed by atoms with van der Waals surface area (Å²) in [7, 11) is 0. The molecular formula is C15H21NS. The highest BCUT2D eigenvalue weighted by atomic mass is 32.2. The van der Waals surface area contributed by atoms with Gasteiger partial charge in [-0.25, -0.2) is 0 Å². The molecule has 1 aromatic rings. The van der Waals surface area contributed by atoms with Crippen molar-refractivity contribution in [2.45, 2.75) is 42.9 Å². The smallest absolute Gasteiger partial charge is 0.0281 e. The van der Waals surface area contributed by atoms with Gasteiger partial charge in [0.2, 0.25) is 0 Å². The fourth-order valence-electron chi connectivity index (χ4n) is 3.06. The van der Waals surface area contributed by atoms with Crippen LogP contribution in [-0.2, 0) is 12.8 Å². The molecule has 0 aromatic heterocycles. The van der Waals surface area contributed by atoms with Crippen LogP contribution in [0.25, 0.3) is 0 Å². The molecule has 0 bridgehead atoms. The van der Waals surface area contributed by atoms with Gasteiger partial charge in [0, 0.05) is 17.3 Å². The molecule has 0 aliphatic heterocycles. The van der Waals surface area contributed by atoms with E-state index in [4.69, 9.17) is 0 Å². The number of hydrogen-bond acceptors (Lipinski definition) is 2. The predicted molar refractivity (Wildman–Crippen MR) is 75.7 cm³/mol. The zero-order chi connectivity index (χ0) is 11.7. The molecule has 2 aliphatic rings. The van der Waals surface area contributed by atoms with E-state index in [1.165, 1.54) is 38.6 Å². The number of benzene rings is 1. The van der Waals surface area contributed by atoms with Crippen LogP contribution in [0.15, 0.2) is 24.3 Å². The van der Waals surface area contributed by atoms with Gasteiger partial charge in [-0.2, -0.15) is 11.8 Å². The molecule has 2 aliphatic carbocycles. The van der Waals surface area contributed by atoms with Crippen LogP contribution in [0.3, 0.4) is 0 Å². The first kappa shape index (κ1) is 11.6. The maximum atomic E-state index is 3.80. The van der Waals surface area contributed by atoms with E-state index in [0.717, 1.165) is 0 Å². The quantitative estimate of drug-likeness (QED) is 0.878.